The second-order valence-electron chi connectivity index (χ2n) is 9.11. The molecular weight excluding hydrogens is 518 g/mol. The van der Waals surface area contributed by atoms with Crippen LogP contribution in [0.4, 0.5) is 26.3 Å². The van der Waals surface area contributed by atoms with E-state index in [1.54, 1.807) is 42.5 Å². The maximum atomic E-state index is 15.2. The largest absolute Gasteiger partial charge is 0.489 e. The van der Waals surface area contributed by atoms with Crippen molar-refractivity contribution in [1.82, 2.24) is 0 Å². The molecule has 0 saturated carbocycles. The van der Waals surface area contributed by atoms with Gasteiger partial charge in [0.05, 0.1) is 0 Å². The highest BCUT2D eigenvalue weighted by molar-refractivity contribution is 5.84. The van der Waals surface area contributed by atoms with E-state index in [2.05, 4.69) is 6.58 Å². The van der Waals surface area contributed by atoms with Crippen LogP contribution in [-0.4, -0.2) is 19.4 Å². The van der Waals surface area contributed by atoms with Crippen molar-refractivity contribution in [2.45, 2.75) is 31.9 Å². The molecular formula is C31H26F6O2. The Morgan fingerprint density at radius 1 is 0.692 bits per heavy atom. The molecule has 0 atom stereocenters. The molecule has 0 spiro atoms. The highest BCUT2D eigenvalue weighted by atomic mass is 19.4. The van der Waals surface area contributed by atoms with Crippen molar-refractivity contribution < 1.29 is 35.8 Å². The van der Waals surface area contributed by atoms with Gasteiger partial charge in [-0.15, -0.1) is 0 Å². The Labute approximate surface area is 222 Å². The van der Waals surface area contributed by atoms with Gasteiger partial charge in [-0.2, -0.15) is 13.2 Å². The minimum absolute atomic E-state index is 0.0393. The third kappa shape index (κ3) is 7.56. The van der Waals surface area contributed by atoms with Crippen LogP contribution in [0.1, 0.15) is 22.3 Å². The monoisotopic (exact) mass is 544 g/mol. The molecule has 204 valence electrons. The quantitative estimate of drug-likeness (QED) is 0.140. The second kappa shape index (κ2) is 12.3. The molecule has 0 aliphatic carbocycles. The molecule has 0 aliphatic rings. The van der Waals surface area contributed by atoms with Gasteiger partial charge in [-0.05, 0) is 59.9 Å². The number of aryl methyl sites for hydroxylation is 3. The van der Waals surface area contributed by atoms with Crippen LogP contribution < -0.4 is 9.47 Å². The number of halogens is 6. The van der Waals surface area contributed by atoms with E-state index in [-0.39, 0.29) is 35.9 Å². The van der Waals surface area contributed by atoms with Gasteiger partial charge in [0, 0.05) is 23.1 Å². The van der Waals surface area contributed by atoms with Crippen LogP contribution >= 0.6 is 0 Å². The lowest BCUT2D eigenvalue weighted by atomic mass is 9.97. The molecule has 0 radical (unpaired) electrons. The maximum absolute atomic E-state index is 15.2. The number of hydrogen-bond donors (Lipinski definition) is 0. The SMILES string of the molecule is C=CCOc1cc(F)c(CCc2ccc3c(F)c(CCc4ccc(OCC(F)(F)F)cc4)ccc3c2)c(F)c1. The van der Waals surface area contributed by atoms with Gasteiger partial charge in [0.1, 0.15) is 35.6 Å². The van der Waals surface area contributed by atoms with Crippen LogP contribution in [0.2, 0.25) is 0 Å². The third-order valence-corrected chi connectivity index (χ3v) is 6.25. The molecule has 4 rings (SSSR count). The summed E-state index contributed by atoms with van der Waals surface area (Å²) < 4.78 is 90.9. The molecule has 4 aromatic carbocycles. The molecule has 0 aliphatic heterocycles. The molecule has 0 unspecified atom stereocenters. The van der Waals surface area contributed by atoms with Gasteiger partial charge < -0.3 is 9.47 Å². The van der Waals surface area contributed by atoms with Crippen LogP contribution in [-0.2, 0) is 25.7 Å². The van der Waals surface area contributed by atoms with Crippen LogP contribution in [0, 0.1) is 17.5 Å². The van der Waals surface area contributed by atoms with Crippen LogP contribution in [0.5, 0.6) is 11.5 Å². The summed E-state index contributed by atoms with van der Waals surface area (Å²) in [5.41, 5.74) is 2.12. The summed E-state index contributed by atoms with van der Waals surface area (Å²) in [5, 5.41) is 1.11. The number of fused-ring (bicyclic) bond motifs is 1. The molecule has 2 nitrogen and oxygen atoms in total. The number of hydrogen-bond acceptors (Lipinski definition) is 2. The summed E-state index contributed by atoms with van der Waals surface area (Å²) in [7, 11) is 0. The Morgan fingerprint density at radius 3 is 2.03 bits per heavy atom. The van der Waals surface area contributed by atoms with Crippen molar-refractivity contribution >= 4 is 10.8 Å². The molecule has 0 bridgehead atoms. The van der Waals surface area contributed by atoms with Crippen molar-refractivity contribution in [3.05, 3.63) is 119 Å². The van der Waals surface area contributed by atoms with Crippen LogP contribution in [0.15, 0.2) is 79.4 Å². The van der Waals surface area contributed by atoms with Gasteiger partial charge in [-0.1, -0.05) is 55.1 Å². The summed E-state index contributed by atoms with van der Waals surface area (Å²) in [6, 6.07) is 17.2. The number of benzene rings is 4. The number of rotatable bonds is 11. The lowest BCUT2D eigenvalue weighted by molar-refractivity contribution is -0.153. The molecule has 0 fully saturated rings. The molecule has 8 heteroatoms. The van der Waals surface area contributed by atoms with E-state index >= 15 is 4.39 Å². The van der Waals surface area contributed by atoms with Crippen molar-refractivity contribution in [2.24, 2.45) is 0 Å². The average molecular weight is 545 g/mol. The zero-order valence-corrected chi connectivity index (χ0v) is 21.0. The fraction of sp³-hybridized carbons (Fsp3) is 0.226. The van der Waals surface area contributed by atoms with Gasteiger partial charge in [0.15, 0.2) is 6.61 Å². The first-order valence-electron chi connectivity index (χ1n) is 12.3. The van der Waals surface area contributed by atoms with E-state index in [1.165, 1.54) is 18.2 Å². The highest BCUT2D eigenvalue weighted by Gasteiger charge is 2.28. The van der Waals surface area contributed by atoms with Gasteiger partial charge in [0.25, 0.3) is 0 Å². The first-order chi connectivity index (χ1) is 18.6. The zero-order chi connectivity index (χ0) is 28.0. The lowest BCUT2D eigenvalue weighted by Crippen LogP contribution is -2.19. The number of alkyl halides is 3. The van der Waals surface area contributed by atoms with E-state index in [9.17, 15) is 22.0 Å². The standard InChI is InChI=1S/C31H26F6O2/c1-2-15-38-25-17-28(32)27(29(33)18-25)14-7-21-6-13-26-23(16-21)10-9-22(30(26)34)8-3-20-4-11-24(12-5-20)39-19-31(35,36)37/h2,4-6,9-13,16-18H,1,3,7-8,14-15,19H2. The Kier molecular flexibility index (Phi) is 8.84. The fourth-order valence-electron chi connectivity index (χ4n) is 4.26. The Hall–Kier alpha value is -3.94. The topological polar surface area (TPSA) is 18.5 Å². The van der Waals surface area contributed by atoms with Crippen molar-refractivity contribution in [3.8, 4) is 11.5 Å². The summed E-state index contributed by atoms with van der Waals surface area (Å²) in [5.74, 6) is -1.51. The Balaban J connectivity index is 1.39. The van der Waals surface area contributed by atoms with Crippen molar-refractivity contribution in [3.63, 3.8) is 0 Å². The van der Waals surface area contributed by atoms with Crippen LogP contribution in [0.25, 0.3) is 10.8 Å². The van der Waals surface area contributed by atoms with Gasteiger partial charge in [-0.25, -0.2) is 13.2 Å². The van der Waals surface area contributed by atoms with E-state index < -0.39 is 24.4 Å². The number of ether oxygens (including phenoxy) is 2. The maximum Gasteiger partial charge on any atom is 0.422 e. The minimum Gasteiger partial charge on any atom is -0.489 e. The molecule has 0 aromatic heterocycles. The third-order valence-electron chi connectivity index (χ3n) is 6.25. The Morgan fingerprint density at radius 2 is 1.36 bits per heavy atom. The highest BCUT2D eigenvalue weighted by Crippen LogP contribution is 2.26. The fourth-order valence-corrected chi connectivity index (χ4v) is 4.26. The summed E-state index contributed by atoms with van der Waals surface area (Å²) in [6.45, 7) is 2.29. The second-order valence-corrected chi connectivity index (χ2v) is 9.11. The molecule has 0 N–H and O–H groups in total. The van der Waals surface area contributed by atoms with E-state index in [0.29, 0.717) is 35.6 Å². The molecule has 39 heavy (non-hydrogen) atoms. The van der Waals surface area contributed by atoms with E-state index in [4.69, 9.17) is 9.47 Å². The van der Waals surface area contributed by atoms with E-state index in [0.717, 1.165) is 23.3 Å². The molecule has 0 amide bonds. The van der Waals surface area contributed by atoms with Crippen LogP contribution in [0.3, 0.4) is 0 Å². The normalized spacial score (nSPS) is 11.5. The smallest absolute Gasteiger partial charge is 0.422 e. The Bertz CT molecular complexity index is 1420. The molecule has 0 heterocycles. The van der Waals surface area contributed by atoms with Gasteiger partial charge >= 0.3 is 6.18 Å². The first-order valence-corrected chi connectivity index (χ1v) is 12.3. The summed E-state index contributed by atoms with van der Waals surface area (Å²) >= 11 is 0. The lowest BCUT2D eigenvalue weighted by Gasteiger charge is -2.11. The summed E-state index contributed by atoms with van der Waals surface area (Å²) in [4.78, 5) is 0. The minimum atomic E-state index is -4.41. The predicted octanol–water partition coefficient (Wildman–Crippen LogP) is 8.33. The average Bonchev–Trinajstić information content (AvgIpc) is 2.90. The molecule has 4 aromatic rings. The molecule has 0 saturated heterocycles. The van der Waals surface area contributed by atoms with Crippen molar-refractivity contribution in [1.29, 1.82) is 0 Å². The van der Waals surface area contributed by atoms with Gasteiger partial charge in [-0.3, -0.25) is 0 Å². The zero-order valence-electron chi connectivity index (χ0n) is 21.0. The van der Waals surface area contributed by atoms with E-state index in [1.807, 2.05) is 0 Å². The predicted molar refractivity (Wildman–Crippen MR) is 139 cm³/mol. The summed E-state index contributed by atoms with van der Waals surface area (Å²) in [6.07, 6.45) is -1.53. The van der Waals surface area contributed by atoms with Crippen molar-refractivity contribution in [2.75, 3.05) is 13.2 Å². The first kappa shape index (κ1) is 28.1. The van der Waals surface area contributed by atoms with Gasteiger partial charge in [0.2, 0.25) is 0 Å².